The van der Waals surface area contributed by atoms with E-state index >= 15 is 0 Å². The fourth-order valence-corrected chi connectivity index (χ4v) is 7.06. The molecule has 138 valence electrons. The average molecular weight is 372 g/mol. The molecule has 1 heterocycles. The molecule has 4 aliphatic rings. The van der Waals surface area contributed by atoms with E-state index in [9.17, 15) is 9.90 Å². The summed E-state index contributed by atoms with van der Waals surface area (Å²) in [7, 11) is 0. The highest BCUT2D eigenvalue weighted by atomic mass is 32.1. The Balaban J connectivity index is 1.36. The predicted molar refractivity (Wildman–Crippen MR) is 101 cm³/mol. The lowest BCUT2D eigenvalue weighted by atomic mass is 9.42. The number of carbonyl (C=O) groups is 1. The largest absolute Gasteiger partial charge is 0.390 e. The fraction of sp³-hybridized carbons (Fsp3) is 0.650. The SMILES string of the molecule is CC[C@@]12C[C@@H]3C[C@@](O)(C1)C[C@@](C(=O)NCc1ccc4nsnc4c1)(C3)C2. The summed E-state index contributed by atoms with van der Waals surface area (Å²) in [6.07, 6.45) is 6.54. The molecule has 6 rings (SSSR count). The minimum atomic E-state index is -0.627. The molecule has 4 aliphatic carbocycles. The second-order valence-corrected chi connectivity index (χ2v) is 9.67. The van der Waals surface area contributed by atoms with Crippen molar-refractivity contribution in [2.24, 2.45) is 16.7 Å². The van der Waals surface area contributed by atoms with Gasteiger partial charge in [-0.05, 0) is 67.6 Å². The van der Waals surface area contributed by atoms with Gasteiger partial charge in [0.1, 0.15) is 11.0 Å². The van der Waals surface area contributed by atoms with Gasteiger partial charge in [-0.25, -0.2) is 0 Å². The third kappa shape index (κ3) is 2.49. The fourth-order valence-electron chi connectivity index (χ4n) is 6.54. The number of amides is 1. The van der Waals surface area contributed by atoms with E-state index in [4.69, 9.17) is 0 Å². The van der Waals surface area contributed by atoms with Crippen LogP contribution < -0.4 is 5.32 Å². The standard InChI is InChI=1S/C20H25N3O2S/c1-2-18-6-14-7-19(10-18,12-20(25,8-14)11-18)17(24)21-9-13-3-4-15-16(5-13)23-26-22-15/h3-5,14,25H,2,6-12H2,1H3,(H,21,24)/t14-,18-,19+,20+/m0/s1. The molecule has 4 bridgehead atoms. The third-order valence-electron chi connectivity index (χ3n) is 7.16. The van der Waals surface area contributed by atoms with E-state index in [0.29, 0.717) is 18.9 Å². The number of nitrogens with one attached hydrogen (secondary N) is 1. The minimum Gasteiger partial charge on any atom is -0.390 e. The number of hydrogen-bond donors (Lipinski definition) is 2. The van der Waals surface area contributed by atoms with Gasteiger partial charge in [0.2, 0.25) is 5.91 Å². The van der Waals surface area contributed by atoms with Gasteiger partial charge in [0.15, 0.2) is 0 Å². The van der Waals surface area contributed by atoms with Crippen molar-refractivity contribution in [3.8, 4) is 0 Å². The number of nitrogens with zero attached hydrogens (tertiary/aromatic N) is 2. The molecular formula is C20H25N3O2S. The van der Waals surface area contributed by atoms with Crippen LogP contribution in [0.4, 0.5) is 0 Å². The Labute approximate surface area is 157 Å². The smallest absolute Gasteiger partial charge is 0.226 e. The van der Waals surface area contributed by atoms with Crippen LogP contribution in [0.25, 0.3) is 11.0 Å². The van der Waals surface area contributed by atoms with Crippen LogP contribution in [0, 0.1) is 16.7 Å². The van der Waals surface area contributed by atoms with Gasteiger partial charge in [0.05, 0.1) is 22.7 Å². The highest BCUT2D eigenvalue weighted by Gasteiger charge is 2.64. The summed E-state index contributed by atoms with van der Waals surface area (Å²) in [5.41, 5.74) is 1.99. The van der Waals surface area contributed by atoms with Crippen LogP contribution in [-0.4, -0.2) is 25.4 Å². The molecule has 0 spiro atoms. The molecule has 2 aromatic rings. The molecule has 0 aliphatic heterocycles. The summed E-state index contributed by atoms with van der Waals surface area (Å²) >= 11 is 1.21. The van der Waals surface area contributed by atoms with Crippen molar-refractivity contribution in [3.63, 3.8) is 0 Å². The van der Waals surface area contributed by atoms with Gasteiger partial charge in [-0.2, -0.15) is 8.75 Å². The Kier molecular flexibility index (Phi) is 3.51. The van der Waals surface area contributed by atoms with Gasteiger partial charge in [0.25, 0.3) is 0 Å². The molecule has 4 saturated carbocycles. The first-order valence-electron chi connectivity index (χ1n) is 9.65. The first-order chi connectivity index (χ1) is 12.4. The van der Waals surface area contributed by atoms with E-state index in [1.807, 2.05) is 18.2 Å². The zero-order valence-corrected chi connectivity index (χ0v) is 15.9. The van der Waals surface area contributed by atoms with Gasteiger partial charge in [-0.3, -0.25) is 4.79 Å². The summed E-state index contributed by atoms with van der Waals surface area (Å²) in [4.78, 5) is 13.2. The lowest BCUT2D eigenvalue weighted by Gasteiger charge is -2.64. The lowest BCUT2D eigenvalue weighted by Crippen LogP contribution is -2.63. The number of carbonyl (C=O) groups excluding carboxylic acids is 1. The highest BCUT2D eigenvalue weighted by molar-refractivity contribution is 7.00. The number of aromatic nitrogens is 2. The van der Waals surface area contributed by atoms with E-state index in [2.05, 4.69) is 21.0 Å². The van der Waals surface area contributed by atoms with Crippen molar-refractivity contribution in [3.05, 3.63) is 23.8 Å². The van der Waals surface area contributed by atoms with Gasteiger partial charge < -0.3 is 10.4 Å². The molecule has 1 amide bonds. The number of hydrogen-bond acceptors (Lipinski definition) is 5. The van der Waals surface area contributed by atoms with Crippen molar-refractivity contribution in [2.75, 3.05) is 0 Å². The van der Waals surface area contributed by atoms with Crippen LogP contribution in [0.15, 0.2) is 18.2 Å². The Bertz CT molecular complexity index is 883. The molecule has 6 heteroatoms. The van der Waals surface area contributed by atoms with E-state index in [0.717, 1.165) is 48.7 Å². The number of fused-ring (bicyclic) bond motifs is 1. The van der Waals surface area contributed by atoms with Crippen molar-refractivity contribution >= 4 is 28.7 Å². The normalized spacial score (nSPS) is 38.0. The summed E-state index contributed by atoms with van der Waals surface area (Å²) in [6.45, 7) is 2.73. The molecule has 0 unspecified atom stereocenters. The van der Waals surface area contributed by atoms with Gasteiger partial charge in [-0.15, -0.1) is 0 Å². The molecule has 1 aromatic carbocycles. The van der Waals surface area contributed by atoms with E-state index in [1.165, 1.54) is 18.1 Å². The van der Waals surface area contributed by atoms with E-state index < -0.39 is 5.60 Å². The van der Waals surface area contributed by atoms with Gasteiger partial charge >= 0.3 is 0 Å². The molecule has 0 radical (unpaired) electrons. The molecule has 4 atom stereocenters. The molecule has 4 fully saturated rings. The summed E-state index contributed by atoms with van der Waals surface area (Å²) in [6, 6.07) is 5.96. The van der Waals surface area contributed by atoms with Crippen LogP contribution in [0.5, 0.6) is 0 Å². The van der Waals surface area contributed by atoms with Crippen LogP contribution in [0.1, 0.15) is 57.4 Å². The number of aliphatic hydroxyl groups is 1. The third-order valence-corrected chi connectivity index (χ3v) is 7.71. The number of rotatable bonds is 4. The zero-order valence-electron chi connectivity index (χ0n) is 15.1. The maximum Gasteiger partial charge on any atom is 0.226 e. The Morgan fingerprint density at radius 1 is 1.23 bits per heavy atom. The van der Waals surface area contributed by atoms with E-state index in [-0.39, 0.29) is 16.7 Å². The maximum atomic E-state index is 13.2. The van der Waals surface area contributed by atoms with Crippen LogP contribution in [-0.2, 0) is 11.3 Å². The molecule has 5 nitrogen and oxygen atoms in total. The van der Waals surface area contributed by atoms with Crippen molar-refractivity contribution in [2.45, 2.75) is 64.0 Å². The summed E-state index contributed by atoms with van der Waals surface area (Å²) < 4.78 is 8.50. The van der Waals surface area contributed by atoms with Crippen molar-refractivity contribution in [1.29, 1.82) is 0 Å². The Morgan fingerprint density at radius 3 is 2.88 bits per heavy atom. The molecule has 1 aromatic heterocycles. The molecule has 2 N–H and O–H groups in total. The Morgan fingerprint density at radius 2 is 2.08 bits per heavy atom. The quantitative estimate of drug-likeness (QED) is 0.863. The van der Waals surface area contributed by atoms with Crippen LogP contribution in [0.3, 0.4) is 0 Å². The monoisotopic (exact) mass is 371 g/mol. The van der Waals surface area contributed by atoms with Crippen LogP contribution >= 0.6 is 11.7 Å². The minimum absolute atomic E-state index is 0.134. The van der Waals surface area contributed by atoms with Gasteiger partial charge in [-0.1, -0.05) is 19.4 Å². The van der Waals surface area contributed by atoms with E-state index in [1.54, 1.807) is 0 Å². The second-order valence-electron chi connectivity index (χ2n) is 9.14. The topological polar surface area (TPSA) is 75.1 Å². The lowest BCUT2D eigenvalue weighted by molar-refractivity contribution is -0.204. The Hall–Kier alpha value is -1.53. The molecule has 26 heavy (non-hydrogen) atoms. The predicted octanol–water partition coefficient (Wildman–Crippen LogP) is 3.42. The first-order valence-corrected chi connectivity index (χ1v) is 10.4. The summed E-state index contributed by atoms with van der Waals surface area (Å²) in [5, 5.41) is 14.3. The summed E-state index contributed by atoms with van der Waals surface area (Å²) in [5.74, 6) is 0.633. The average Bonchev–Trinajstić information content (AvgIpc) is 3.05. The zero-order chi connectivity index (χ0) is 18.0. The maximum absolute atomic E-state index is 13.2. The van der Waals surface area contributed by atoms with Gasteiger partial charge in [0, 0.05) is 6.54 Å². The van der Waals surface area contributed by atoms with Crippen molar-refractivity contribution in [1.82, 2.24) is 14.1 Å². The van der Waals surface area contributed by atoms with Crippen molar-refractivity contribution < 1.29 is 9.90 Å². The highest BCUT2D eigenvalue weighted by Crippen LogP contribution is 2.67. The van der Waals surface area contributed by atoms with Crippen LogP contribution in [0.2, 0.25) is 0 Å². The molecule has 0 saturated heterocycles. The molecular weight excluding hydrogens is 346 g/mol. The first kappa shape index (κ1) is 16.6. The second kappa shape index (κ2) is 5.49. The number of benzene rings is 1.